The Morgan fingerprint density at radius 2 is 1.88 bits per heavy atom. The molecule has 5 nitrogen and oxygen atoms in total. The maximum atomic E-state index is 12.2. The van der Waals surface area contributed by atoms with Gasteiger partial charge in [-0.25, -0.2) is 4.79 Å². The summed E-state index contributed by atoms with van der Waals surface area (Å²) in [7, 11) is 0. The van der Waals surface area contributed by atoms with Gasteiger partial charge in [0, 0.05) is 39.3 Å². The molecule has 0 spiro atoms. The third-order valence-electron chi connectivity index (χ3n) is 3.31. The van der Waals surface area contributed by atoms with E-state index in [1.165, 1.54) is 0 Å². The first-order valence-corrected chi connectivity index (χ1v) is 6.60. The minimum atomic E-state index is 0.154. The lowest BCUT2D eigenvalue weighted by molar-refractivity contribution is 0.156. The molecular weight excluding hydrogens is 218 g/mol. The Kier molecular flexibility index (Phi) is 6.29. The lowest BCUT2D eigenvalue weighted by Crippen LogP contribution is -2.44. The Bertz CT molecular complexity index is 232. The summed E-state index contributed by atoms with van der Waals surface area (Å²) < 4.78 is 0. The maximum absolute atomic E-state index is 12.2. The van der Waals surface area contributed by atoms with Crippen molar-refractivity contribution in [2.45, 2.75) is 20.3 Å². The number of carbonyl (C=O) groups excluding carboxylic acids is 1. The van der Waals surface area contributed by atoms with E-state index in [2.05, 4.69) is 4.90 Å². The maximum Gasteiger partial charge on any atom is 0.320 e. The largest absolute Gasteiger partial charge is 0.395 e. The van der Waals surface area contributed by atoms with Gasteiger partial charge >= 0.3 is 6.03 Å². The van der Waals surface area contributed by atoms with Crippen LogP contribution in [-0.2, 0) is 0 Å². The van der Waals surface area contributed by atoms with Crippen LogP contribution in [0.2, 0.25) is 0 Å². The number of aliphatic hydroxyl groups is 1. The molecule has 1 fully saturated rings. The predicted octanol–water partition coefficient (Wildman–Crippen LogP) is 0.448. The van der Waals surface area contributed by atoms with E-state index in [-0.39, 0.29) is 12.6 Å². The number of hydrogen-bond donors (Lipinski definition) is 1. The fourth-order valence-electron chi connectivity index (χ4n) is 2.22. The highest BCUT2D eigenvalue weighted by atomic mass is 16.3. The molecule has 0 atom stereocenters. The van der Waals surface area contributed by atoms with Gasteiger partial charge in [0.05, 0.1) is 6.61 Å². The molecule has 0 saturated carbocycles. The van der Waals surface area contributed by atoms with Crippen molar-refractivity contribution in [3.05, 3.63) is 0 Å². The second-order valence-electron chi connectivity index (χ2n) is 4.36. The zero-order chi connectivity index (χ0) is 12.7. The zero-order valence-corrected chi connectivity index (χ0v) is 11.1. The SMILES string of the molecule is CCN(CC)C(=O)N1CCCN(CCO)CC1. The zero-order valence-electron chi connectivity index (χ0n) is 11.1. The van der Waals surface area contributed by atoms with E-state index in [1.54, 1.807) is 0 Å². The van der Waals surface area contributed by atoms with Gasteiger partial charge < -0.3 is 14.9 Å². The highest BCUT2D eigenvalue weighted by molar-refractivity contribution is 5.74. The first kappa shape index (κ1) is 14.3. The van der Waals surface area contributed by atoms with E-state index >= 15 is 0 Å². The number of hydrogen-bond acceptors (Lipinski definition) is 3. The minimum absolute atomic E-state index is 0.154. The smallest absolute Gasteiger partial charge is 0.320 e. The monoisotopic (exact) mass is 243 g/mol. The molecule has 2 amide bonds. The summed E-state index contributed by atoms with van der Waals surface area (Å²) >= 11 is 0. The molecule has 1 aliphatic rings. The van der Waals surface area contributed by atoms with Crippen LogP contribution in [0, 0.1) is 0 Å². The Morgan fingerprint density at radius 3 is 2.47 bits per heavy atom. The molecule has 0 unspecified atom stereocenters. The van der Waals surface area contributed by atoms with Gasteiger partial charge in [-0.3, -0.25) is 4.90 Å². The highest BCUT2D eigenvalue weighted by Crippen LogP contribution is 2.06. The standard InChI is InChI=1S/C12H25N3O2/c1-3-14(4-2)12(17)15-7-5-6-13(8-9-15)10-11-16/h16H,3-11H2,1-2H3. The van der Waals surface area contributed by atoms with Gasteiger partial charge in [-0.15, -0.1) is 0 Å². The number of carbonyl (C=O) groups is 1. The van der Waals surface area contributed by atoms with Gasteiger partial charge in [0.2, 0.25) is 0 Å². The molecule has 1 heterocycles. The lowest BCUT2D eigenvalue weighted by atomic mass is 10.4. The minimum Gasteiger partial charge on any atom is -0.395 e. The van der Waals surface area contributed by atoms with E-state index < -0.39 is 0 Å². The van der Waals surface area contributed by atoms with Crippen LogP contribution in [0.5, 0.6) is 0 Å². The second kappa shape index (κ2) is 7.50. The summed E-state index contributed by atoms with van der Waals surface area (Å²) in [6.07, 6.45) is 0.993. The number of amides is 2. The number of nitrogens with zero attached hydrogens (tertiary/aromatic N) is 3. The molecular formula is C12H25N3O2. The van der Waals surface area contributed by atoms with Crippen molar-refractivity contribution in [1.82, 2.24) is 14.7 Å². The van der Waals surface area contributed by atoms with Crippen LogP contribution in [0.3, 0.4) is 0 Å². The van der Waals surface area contributed by atoms with Crippen molar-refractivity contribution in [2.24, 2.45) is 0 Å². The summed E-state index contributed by atoms with van der Waals surface area (Å²) in [5.74, 6) is 0. The molecule has 0 aliphatic carbocycles. The number of urea groups is 1. The van der Waals surface area contributed by atoms with Gasteiger partial charge in [0.25, 0.3) is 0 Å². The molecule has 1 rings (SSSR count). The predicted molar refractivity (Wildman–Crippen MR) is 68.0 cm³/mol. The fourth-order valence-corrected chi connectivity index (χ4v) is 2.22. The molecule has 0 aromatic heterocycles. The summed E-state index contributed by atoms with van der Waals surface area (Å²) in [5.41, 5.74) is 0. The molecule has 17 heavy (non-hydrogen) atoms. The summed E-state index contributed by atoms with van der Waals surface area (Å²) in [6, 6.07) is 0.154. The summed E-state index contributed by atoms with van der Waals surface area (Å²) in [6.45, 7) is 9.92. The van der Waals surface area contributed by atoms with Crippen LogP contribution in [0.4, 0.5) is 4.79 Å². The fraction of sp³-hybridized carbons (Fsp3) is 0.917. The van der Waals surface area contributed by atoms with Gasteiger partial charge in [-0.1, -0.05) is 0 Å². The van der Waals surface area contributed by atoms with Gasteiger partial charge in [-0.2, -0.15) is 0 Å². The quantitative estimate of drug-likeness (QED) is 0.780. The van der Waals surface area contributed by atoms with Crippen LogP contribution in [0.1, 0.15) is 20.3 Å². The molecule has 1 saturated heterocycles. The Morgan fingerprint density at radius 1 is 1.18 bits per heavy atom. The highest BCUT2D eigenvalue weighted by Gasteiger charge is 2.21. The third-order valence-corrected chi connectivity index (χ3v) is 3.31. The molecule has 1 aliphatic heterocycles. The molecule has 5 heteroatoms. The lowest BCUT2D eigenvalue weighted by Gasteiger charge is -2.28. The first-order chi connectivity index (χ1) is 8.22. The summed E-state index contributed by atoms with van der Waals surface area (Å²) in [5, 5.41) is 8.92. The molecule has 0 bridgehead atoms. The van der Waals surface area contributed by atoms with Crippen molar-refractivity contribution >= 4 is 6.03 Å². The van der Waals surface area contributed by atoms with Gasteiger partial charge in [0.15, 0.2) is 0 Å². The van der Waals surface area contributed by atoms with Crippen LogP contribution in [-0.4, -0.2) is 78.3 Å². The van der Waals surface area contributed by atoms with Gasteiger partial charge in [0.1, 0.15) is 0 Å². The first-order valence-electron chi connectivity index (χ1n) is 6.60. The normalized spacial score (nSPS) is 17.9. The Labute approximate surface area is 104 Å². The van der Waals surface area contributed by atoms with Crippen molar-refractivity contribution in [3.63, 3.8) is 0 Å². The van der Waals surface area contributed by atoms with E-state index in [4.69, 9.17) is 5.11 Å². The van der Waals surface area contributed by atoms with Crippen molar-refractivity contribution in [1.29, 1.82) is 0 Å². The van der Waals surface area contributed by atoms with Crippen molar-refractivity contribution in [2.75, 3.05) is 52.4 Å². The van der Waals surface area contributed by atoms with E-state index in [0.29, 0.717) is 6.54 Å². The van der Waals surface area contributed by atoms with Crippen LogP contribution in [0.25, 0.3) is 0 Å². The third kappa shape index (κ3) is 4.16. The molecule has 100 valence electrons. The van der Waals surface area contributed by atoms with Crippen LogP contribution < -0.4 is 0 Å². The Balaban J connectivity index is 2.47. The number of β-amino-alcohol motifs (C(OH)–C–C–N with tert-alkyl or cyclic N) is 1. The van der Waals surface area contributed by atoms with E-state index in [9.17, 15) is 4.79 Å². The van der Waals surface area contributed by atoms with Crippen LogP contribution >= 0.6 is 0 Å². The van der Waals surface area contributed by atoms with Crippen molar-refractivity contribution < 1.29 is 9.90 Å². The second-order valence-corrected chi connectivity index (χ2v) is 4.36. The molecule has 1 N–H and O–H groups in total. The van der Waals surface area contributed by atoms with E-state index in [1.807, 2.05) is 23.6 Å². The van der Waals surface area contributed by atoms with E-state index in [0.717, 1.165) is 45.7 Å². The average molecular weight is 243 g/mol. The molecule has 0 radical (unpaired) electrons. The number of aliphatic hydroxyl groups excluding tert-OH is 1. The molecule has 0 aromatic carbocycles. The topological polar surface area (TPSA) is 47.0 Å². The number of rotatable bonds is 4. The summed E-state index contributed by atoms with van der Waals surface area (Å²) in [4.78, 5) is 18.2. The van der Waals surface area contributed by atoms with Gasteiger partial charge in [-0.05, 0) is 26.8 Å². The average Bonchev–Trinajstić information content (AvgIpc) is 2.57. The van der Waals surface area contributed by atoms with Crippen LogP contribution in [0.15, 0.2) is 0 Å². The van der Waals surface area contributed by atoms with Crippen molar-refractivity contribution in [3.8, 4) is 0 Å². The molecule has 0 aromatic rings. The Hall–Kier alpha value is -0.810.